The molecule has 1 fully saturated rings. The molecule has 0 radical (unpaired) electrons. The lowest BCUT2D eigenvalue weighted by atomic mass is 10.1. The number of piperazine rings is 1. The Morgan fingerprint density at radius 3 is 2.36 bits per heavy atom. The molecule has 0 saturated carbocycles. The molecule has 2 aliphatic heterocycles. The molecule has 2 aromatic carbocycles. The summed E-state index contributed by atoms with van der Waals surface area (Å²) in [6.07, 6.45) is 0. The molecule has 4 rings (SSSR count). The van der Waals surface area contributed by atoms with Gasteiger partial charge in [-0.05, 0) is 42.8 Å². The molecule has 7 nitrogen and oxygen atoms in total. The number of nitrogens with zero attached hydrogens (tertiary/aromatic N) is 3. The topological polar surface area (TPSA) is 73.0 Å². The monoisotopic (exact) mass is 378 g/mol. The van der Waals surface area contributed by atoms with Crippen molar-refractivity contribution in [3.8, 4) is 0 Å². The van der Waals surface area contributed by atoms with Crippen LogP contribution >= 0.6 is 0 Å². The minimum atomic E-state index is -0.345. The van der Waals surface area contributed by atoms with Crippen molar-refractivity contribution in [3.05, 3.63) is 59.2 Å². The van der Waals surface area contributed by atoms with Gasteiger partial charge >= 0.3 is 6.03 Å². The predicted molar refractivity (Wildman–Crippen MR) is 107 cm³/mol. The molecule has 28 heavy (non-hydrogen) atoms. The molecule has 7 heteroatoms. The van der Waals surface area contributed by atoms with Crippen LogP contribution < -0.4 is 10.2 Å². The fraction of sp³-hybridized carbons (Fsp3) is 0.286. The van der Waals surface area contributed by atoms with Gasteiger partial charge in [0.15, 0.2) is 0 Å². The predicted octanol–water partition coefficient (Wildman–Crippen LogP) is 2.57. The molecule has 0 spiro atoms. The van der Waals surface area contributed by atoms with E-state index in [9.17, 15) is 14.4 Å². The fourth-order valence-electron chi connectivity index (χ4n) is 3.63. The summed E-state index contributed by atoms with van der Waals surface area (Å²) in [6.45, 7) is 4.83. The zero-order chi connectivity index (χ0) is 19.8. The highest BCUT2D eigenvalue weighted by molar-refractivity contribution is 6.21. The van der Waals surface area contributed by atoms with Crippen molar-refractivity contribution in [2.24, 2.45) is 0 Å². The second-order valence-corrected chi connectivity index (χ2v) is 7.17. The summed E-state index contributed by atoms with van der Waals surface area (Å²) >= 11 is 0. The van der Waals surface area contributed by atoms with Crippen LogP contribution in [-0.2, 0) is 0 Å². The maximum absolute atomic E-state index is 12.6. The highest BCUT2D eigenvalue weighted by atomic mass is 16.2. The number of imide groups is 1. The lowest BCUT2D eigenvalue weighted by molar-refractivity contribution is 0.0693. The number of rotatable bonds is 2. The van der Waals surface area contributed by atoms with Crippen LogP contribution in [0, 0.1) is 6.92 Å². The molecule has 1 N–H and O–H groups in total. The Labute approximate surface area is 163 Å². The molecule has 0 unspecified atom stereocenters. The van der Waals surface area contributed by atoms with Crippen molar-refractivity contribution in [2.45, 2.75) is 6.92 Å². The zero-order valence-electron chi connectivity index (χ0n) is 15.9. The van der Waals surface area contributed by atoms with Crippen molar-refractivity contribution in [1.82, 2.24) is 9.80 Å². The van der Waals surface area contributed by atoms with Crippen molar-refractivity contribution in [2.75, 3.05) is 43.4 Å². The number of anilines is 2. The molecule has 0 aliphatic carbocycles. The molecular formula is C21H22N4O3. The average molecular weight is 378 g/mol. The number of aryl methyl sites for hydroxylation is 1. The third kappa shape index (κ3) is 3.19. The number of hydrogen-bond acceptors (Lipinski definition) is 4. The van der Waals surface area contributed by atoms with Crippen molar-refractivity contribution >= 4 is 29.2 Å². The van der Waals surface area contributed by atoms with E-state index in [1.54, 1.807) is 23.1 Å². The first kappa shape index (κ1) is 18.0. The van der Waals surface area contributed by atoms with E-state index < -0.39 is 0 Å². The Bertz CT molecular complexity index is 964. The normalized spacial score (nSPS) is 16.4. The number of carbonyl (C=O) groups excluding carboxylic acids is 3. The Kier molecular flexibility index (Phi) is 4.50. The summed E-state index contributed by atoms with van der Waals surface area (Å²) in [6, 6.07) is 13.0. The molecule has 4 amide bonds. The van der Waals surface area contributed by atoms with Gasteiger partial charge in [0, 0.05) is 44.6 Å². The van der Waals surface area contributed by atoms with E-state index >= 15 is 0 Å². The molecule has 0 bridgehead atoms. The van der Waals surface area contributed by atoms with Gasteiger partial charge in [-0.25, -0.2) is 4.79 Å². The van der Waals surface area contributed by atoms with Crippen LogP contribution in [0.1, 0.15) is 26.3 Å². The largest absolute Gasteiger partial charge is 0.368 e. The Hall–Kier alpha value is -3.35. The maximum atomic E-state index is 12.6. The van der Waals surface area contributed by atoms with E-state index in [2.05, 4.69) is 35.3 Å². The second kappa shape index (κ2) is 6.99. The number of fused-ring (bicyclic) bond motifs is 1. The van der Waals surface area contributed by atoms with E-state index in [0.29, 0.717) is 29.9 Å². The summed E-state index contributed by atoms with van der Waals surface area (Å²) in [5.74, 6) is -0.659. The van der Waals surface area contributed by atoms with E-state index in [-0.39, 0.29) is 17.8 Å². The number of carbonyl (C=O) groups is 3. The Balaban J connectivity index is 1.39. The second-order valence-electron chi connectivity index (χ2n) is 7.17. The van der Waals surface area contributed by atoms with Crippen LogP contribution in [0.25, 0.3) is 0 Å². The van der Waals surface area contributed by atoms with E-state index in [1.807, 2.05) is 6.07 Å². The third-order valence-corrected chi connectivity index (χ3v) is 5.27. The molecule has 2 heterocycles. The summed E-state index contributed by atoms with van der Waals surface area (Å²) in [4.78, 5) is 41.8. The lowest BCUT2D eigenvalue weighted by Crippen LogP contribution is -2.50. The summed E-state index contributed by atoms with van der Waals surface area (Å²) < 4.78 is 0. The van der Waals surface area contributed by atoms with Gasteiger partial charge < -0.3 is 15.1 Å². The van der Waals surface area contributed by atoms with Crippen molar-refractivity contribution in [3.63, 3.8) is 0 Å². The van der Waals surface area contributed by atoms with Gasteiger partial charge in [0.1, 0.15) is 0 Å². The fourth-order valence-corrected chi connectivity index (χ4v) is 3.63. The quantitative estimate of drug-likeness (QED) is 0.816. The van der Waals surface area contributed by atoms with E-state index in [1.165, 1.54) is 18.3 Å². The minimum absolute atomic E-state index is 0.200. The number of amides is 4. The standard InChI is InChI=1S/C21H22N4O3/c1-14-4-3-5-16(12-14)24-8-10-25(11-9-24)21(28)22-15-6-7-17-18(13-15)20(27)23(2)19(17)26/h3-7,12-13H,8-11H2,1-2H3,(H,22,28). The number of urea groups is 1. The maximum Gasteiger partial charge on any atom is 0.321 e. The molecule has 0 aromatic heterocycles. The molecule has 2 aromatic rings. The molecule has 144 valence electrons. The molecular weight excluding hydrogens is 356 g/mol. The van der Waals surface area contributed by atoms with Gasteiger partial charge in [0.2, 0.25) is 0 Å². The van der Waals surface area contributed by atoms with Crippen LogP contribution in [-0.4, -0.2) is 60.9 Å². The van der Waals surface area contributed by atoms with Gasteiger partial charge in [-0.15, -0.1) is 0 Å². The SMILES string of the molecule is Cc1cccc(N2CCN(C(=O)Nc3ccc4c(c3)C(=O)N(C)C4=O)CC2)c1. The van der Waals surface area contributed by atoms with Crippen molar-refractivity contribution in [1.29, 1.82) is 0 Å². The highest BCUT2D eigenvalue weighted by Gasteiger charge is 2.33. The number of nitrogens with one attached hydrogen (secondary N) is 1. The minimum Gasteiger partial charge on any atom is -0.368 e. The van der Waals surface area contributed by atoms with Gasteiger partial charge in [0.25, 0.3) is 11.8 Å². The number of benzene rings is 2. The third-order valence-electron chi connectivity index (χ3n) is 5.27. The van der Waals surface area contributed by atoms with Crippen LogP contribution in [0.2, 0.25) is 0 Å². The molecule has 1 saturated heterocycles. The molecule has 2 aliphatic rings. The van der Waals surface area contributed by atoms with Crippen LogP contribution in [0.3, 0.4) is 0 Å². The van der Waals surface area contributed by atoms with Gasteiger partial charge in [0.05, 0.1) is 11.1 Å². The van der Waals surface area contributed by atoms with Gasteiger partial charge in [-0.3, -0.25) is 14.5 Å². The number of hydrogen-bond donors (Lipinski definition) is 1. The summed E-state index contributed by atoms with van der Waals surface area (Å²) in [5, 5.41) is 2.84. The van der Waals surface area contributed by atoms with Crippen molar-refractivity contribution < 1.29 is 14.4 Å². The van der Waals surface area contributed by atoms with Crippen LogP contribution in [0.5, 0.6) is 0 Å². The first-order chi connectivity index (χ1) is 13.4. The lowest BCUT2D eigenvalue weighted by Gasteiger charge is -2.36. The Morgan fingerprint density at radius 1 is 0.929 bits per heavy atom. The summed E-state index contributed by atoms with van der Waals surface area (Å²) in [7, 11) is 1.45. The average Bonchev–Trinajstić information content (AvgIpc) is 2.92. The van der Waals surface area contributed by atoms with Crippen LogP contribution in [0.15, 0.2) is 42.5 Å². The van der Waals surface area contributed by atoms with Gasteiger partial charge in [-0.1, -0.05) is 12.1 Å². The zero-order valence-corrected chi connectivity index (χ0v) is 15.9. The van der Waals surface area contributed by atoms with Crippen LogP contribution in [0.4, 0.5) is 16.2 Å². The van der Waals surface area contributed by atoms with Gasteiger partial charge in [-0.2, -0.15) is 0 Å². The smallest absolute Gasteiger partial charge is 0.321 e. The highest BCUT2D eigenvalue weighted by Crippen LogP contribution is 2.25. The molecule has 0 atom stereocenters. The Morgan fingerprint density at radius 2 is 1.64 bits per heavy atom. The first-order valence-electron chi connectivity index (χ1n) is 9.28. The summed E-state index contributed by atoms with van der Waals surface area (Å²) in [5.41, 5.74) is 3.60. The van der Waals surface area contributed by atoms with E-state index in [0.717, 1.165) is 18.0 Å². The first-order valence-corrected chi connectivity index (χ1v) is 9.28. The van der Waals surface area contributed by atoms with E-state index in [4.69, 9.17) is 0 Å².